The Hall–Kier alpha value is -4.31. The predicted molar refractivity (Wildman–Crippen MR) is 181 cm³/mol. The van der Waals surface area contributed by atoms with E-state index < -0.39 is 17.7 Å². The maximum Gasteiger partial charge on any atom is 0.308 e. The van der Waals surface area contributed by atoms with E-state index in [4.69, 9.17) is 0 Å². The summed E-state index contributed by atoms with van der Waals surface area (Å²) in [6.07, 6.45) is 11.1. The number of fused-ring (bicyclic) bond motifs is 1. The van der Waals surface area contributed by atoms with Crippen molar-refractivity contribution >= 4 is 28.2 Å². The number of pyridine rings is 3. The average Bonchev–Trinajstić information content (AvgIpc) is 3.92. The molecule has 9 nitrogen and oxygen atoms in total. The van der Waals surface area contributed by atoms with Crippen LogP contribution in [0.5, 0.6) is 0 Å². The quantitative estimate of drug-likeness (QED) is 0.244. The maximum absolute atomic E-state index is 15.8. The summed E-state index contributed by atoms with van der Waals surface area (Å²) >= 11 is 0. The van der Waals surface area contributed by atoms with Crippen molar-refractivity contribution in [3.63, 3.8) is 0 Å². The fourth-order valence-electron chi connectivity index (χ4n) is 7.43. The Morgan fingerprint density at radius 3 is 2.51 bits per heavy atom. The van der Waals surface area contributed by atoms with Gasteiger partial charge in [-0.05, 0) is 94.3 Å². The molecule has 2 atom stereocenters. The Kier molecular flexibility index (Phi) is 8.70. The van der Waals surface area contributed by atoms with Gasteiger partial charge in [0.2, 0.25) is 0 Å². The molecule has 5 heterocycles. The number of rotatable bonds is 9. The van der Waals surface area contributed by atoms with Crippen LogP contribution in [0, 0.1) is 25.6 Å². The molecule has 3 aliphatic rings. The number of benzene rings is 1. The van der Waals surface area contributed by atoms with Gasteiger partial charge in [-0.25, -0.2) is 4.39 Å². The van der Waals surface area contributed by atoms with Crippen molar-refractivity contribution in [2.75, 3.05) is 36.0 Å². The number of aromatic nitrogens is 3. The summed E-state index contributed by atoms with van der Waals surface area (Å²) in [5, 5.41) is 10.0. The van der Waals surface area contributed by atoms with Crippen LogP contribution in [0.4, 0.5) is 15.8 Å². The van der Waals surface area contributed by atoms with Gasteiger partial charge in [-0.15, -0.1) is 0 Å². The van der Waals surface area contributed by atoms with Crippen LogP contribution in [0.15, 0.2) is 59.8 Å². The number of aryl methyl sites for hydroxylation is 2. The van der Waals surface area contributed by atoms with Gasteiger partial charge in [0.1, 0.15) is 5.82 Å². The van der Waals surface area contributed by atoms with E-state index in [2.05, 4.69) is 36.5 Å². The minimum Gasteiger partial charge on any atom is -0.481 e. The second-order valence-corrected chi connectivity index (χ2v) is 13.7. The second kappa shape index (κ2) is 13.1. The Labute approximate surface area is 274 Å². The Morgan fingerprint density at radius 1 is 0.957 bits per heavy atom. The van der Waals surface area contributed by atoms with Crippen molar-refractivity contribution in [1.29, 1.82) is 0 Å². The lowest BCUT2D eigenvalue weighted by Gasteiger charge is -2.40. The number of nitrogens with zero attached hydrogens (tertiary/aromatic N) is 6. The van der Waals surface area contributed by atoms with Crippen LogP contribution in [0.3, 0.4) is 0 Å². The van der Waals surface area contributed by atoms with E-state index in [1.54, 1.807) is 6.07 Å². The number of carboxylic acids is 1. The second-order valence-electron chi connectivity index (χ2n) is 13.7. The molecule has 3 fully saturated rings. The first-order valence-electron chi connectivity index (χ1n) is 16.9. The highest BCUT2D eigenvalue weighted by Gasteiger charge is 2.31. The van der Waals surface area contributed by atoms with Gasteiger partial charge >= 0.3 is 5.97 Å². The first kappa shape index (κ1) is 31.3. The molecule has 2 aliphatic heterocycles. The number of carboxylic acid groups (broad SMARTS) is 1. The molecule has 0 spiro atoms. The van der Waals surface area contributed by atoms with Crippen molar-refractivity contribution in [3.05, 3.63) is 93.5 Å². The van der Waals surface area contributed by atoms with E-state index in [0.29, 0.717) is 49.1 Å². The zero-order valence-corrected chi connectivity index (χ0v) is 27.2. The molecule has 10 heteroatoms. The topological polar surface area (TPSA) is 94.8 Å². The lowest BCUT2D eigenvalue weighted by molar-refractivity contribution is -0.141. The third kappa shape index (κ3) is 6.74. The highest BCUT2D eigenvalue weighted by molar-refractivity contribution is 5.84. The smallest absolute Gasteiger partial charge is 0.308 e. The number of carbonyl (C=O) groups is 1. The molecule has 246 valence electrons. The lowest BCUT2D eigenvalue weighted by atomic mass is 9.97. The first-order chi connectivity index (χ1) is 22.7. The predicted octanol–water partition coefficient (Wildman–Crippen LogP) is 5.85. The summed E-state index contributed by atoms with van der Waals surface area (Å²) in [5.41, 5.74) is 5.83. The molecule has 2 unspecified atom stereocenters. The van der Waals surface area contributed by atoms with Crippen molar-refractivity contribution in [2.45, 2.75) is 77.5 Å². The summed E-state index contributed by atoms with van der Waals surface area (Å²) in [7, 11) is 0. The van der Waals surface area contributed by atoms with E-state index in [9.17, 15) is 14.7 Å². The van der Waals surface area contributed by atoms with Crippen LogP contribution in [0.1, 0.15) is 67.1 Å². The summed E-state index contributed by atoms with van der Waals surface area (Å²) in [6.45, 7) is 7.75. The third-order valence-corrected chi connectivity index (χ3v) is 10.1. The van der Waals surface area contributed by atoms with Gasteiger partial charge in [-0.3, -0.25) is 24.5 Å². The highest BCUT2D eigenvalue weighted by atomic mass is 19.1. The van der Waals surface area contributed by atoms with Gasteiger partial charge in [0.15, 0.2) is 5.43 Å². The number of hydrogen-bond donors (Lipinski definition) is 1. The molecule has 0 radical (unpaired) electrons. The van der Waals surface area contributed by atoms with Crippen LogP contribution < -0.4 is 15.2 Å². The van der Waals surface area contributed by atoms with Crippen LogP contribution in [-0.2, 0) is 17.9 Å². The summed E-state index contributed by atoms with van der Waals surface area (Å²) in [4.78, 5) is 41.5. The zero-order chi connectivity index (χ0) is 32.7. The largest absolute Gasteiger partial charge is 0.481 e. The van der Waals surface area contributed by atoms with Gasteiger partial charge in [0, 0.05) is 86.1 Å². The number of halogens is 1. The highest BCUT2D eigenvalue weighted by Crippen LogP contribution is 2.39. The monoisotopic (exact) mass is 638 g/mol. The number of piperidine rings is 2. The van der Waals surface area contributed by atoms with Crippen molar-refractivity contribution in [2.24, 2.45) is 5.92 Å². The number of hydrogen-bond acceptors (Lipinski definition) is 7. The van der Waals surface area contributed by atoms with Gasteiger partial charge in [-0.2, -0.15) is 0 Å². The number of aliphatic carboxylic acids is 1. The molecule has 1 N–H and O–H groups in total. The van der Waals surface area contributed by atoms with Crippen molar-refractivity contribution in [1.82, 2.24) is 19.4 Å². The molecule has 7 rings (SSSR count). The van der Waals surface area contributed by atoms with Gasteiger partial charge in [0.05, 0.1) is 29.0 Å². The molecular formula is C37H43FN6O3. The van der Waals surface area contributed by atoms with Crippen molar-refractivity contribution < 1.29 is 14.3 Å². The molecule has 2 saturated heterocycles. The standard InChI is InChI=1S/C37H43FN6O3/c1-24-7-8-30(18-40-24)41-13-4-6-31(23-41)43(19-26-11-12-39-25(2)15-26)21-28-22-44(29-9-10-29)34-17-35(33(38)16-32(34)36(28)45)42-14-3-5-27(20-42)37(46)47/h7-8,11-12,15-18,22,27,29,31H,3-6,9-10,13-14,19-21,23H2,1-2H3,(H,46,47). The van der Waals surface area contributed by atoms with Gasteiger partial charge in [0.25, 0.3) is 0 Å². The molecule has 0 amide bonds. The van der Waals surface area contributed by atoms with Crippen molar-refractivity contribution in [3.8, 4) is 0 Å². The van der Waals surface area contributed by atoms with Gasteiger partial charge in [-0.1, -0.05) is 0 Å². The molecule has 0 bridgehead atoms. The van der Waals surface area contributed by atoms with Crippen LogP contribution in [-0.4, -0.2) is 62.7 Å². The van der Waals surface area contributed by atoms with Gasteiger partial charge < -0.3 is 19.5 Å². The van der Waals surface area contributed by atoms with Crippen LogP contribution in [0.2, 0.25) is 0 Å². The van der Waals surface area contributed by atoms with E-state index in [1.165, 1.54) is 6.07 Å². The molecular weight excluding hydrogens is 595 g/mol. The fraction of sp³-hybridized carbons (Fsp3) is 0.459. The zero-order valence-electron chi connectivity index (χ0n) is 27.2. The first-order valence-corrected chi connectivity index (χ1v) is 16.9. The Morgan fingerprint density at radius 2 is 1.77 bits per heavy atom. The average molecular weight is 639 g/mol. The normalized spacial score (nSPS) is 20.3. The molecule has 1 saturated carbocycles. The molecule has 3 aromatic heterocycles. The van der Waals surface area contributed by atoms with E-state index in [0.717, 1.165) is 66.9 Å². The molecule has 1 aromatic carbocycles. The minimum atomic E-state index is -0.849. The van der Waals surface area contributed by atoms with Crippen LogP contribution >= 0.6 is 0 Å². The van der Waals surface area contributed by atoms with E-state index in [1.807, 2.05) is 49.5 Å². The molecule has 1 aliphatic carbocycles. The van der Waals surface area contributed by atoms with E-state index >= 15 is 4.39 Å². The lowest BCUT2D eigenvalue weighted by Crippen LogP contribution is -2.48. The summed E-state index contributed by atoms with van der Waals surface area (Å²) < 4.78 is 18.0. The molecule has 47 heavy (non-hydrogen) atoms. The Bertz CT molecular complexity index is 1840. The third-order valence-electron chi connectivity index (χ3n) is 10.1. The Balaban J connectivity index is 1.24. The number of anilines is 2. The minimum absolute atomic E-state index is 0.143. The van der Waals surface area contributed by atoms with E-state index in [-0.39, 0.29) is 24.1 Å². The summed E-state index contributed by atoms with van der Waals surface area (Å²) in [6, 6.07) is 12.0. The van der Waals surface area contributed by atoms with Crippen LogP contribution in [0.25, 0.3) is 10.9 Å². The SMILES string of the molecule is Cc1ccc(N2CCCC(N(Cc3ccnc(C)c3)Cc3cn(C4CC4)c4cc(N5CCCC(C(=O)O)C5)c(F)cc4c3=O)C2)cn1. The summed E-state index contributed by atoms with van der Waals surface area (Å²) in [5.74, 6) is -1.85. The fourth-order valence-corrected chi connectivity index (χ4v) is 7.43. The maximum atomic E-state index is 15.8. The molecule has 4 aromatic rings.